The molecule has 1 aromatic heterocycles. The summed E-state index contributed by atoms with van der Waals surface area (Å²) in [6, 6.07) is 3.33. The topological polar surface area (TPSA) is 56.7 Å². The number of nitrogens with two attached hydrogens (primary N) is 1. The minimum Gasteiger partial charge on any atom is -0.399 e. The molecule has 1 aromatic carbocycles. The normalized spacial score (nSPS) is 10.8. The highest BCUT2D eigenvalue weighted by Crippen LogP contribution is 2.39. The number of anilines is 1. The van der Waals surface area contributed by atoms with Crippen LogP contribution in [0.4, 0.5) is 5.69 Å². The first-order valence-corrected chi connectivity index (χ1v) is 6.34. The third-order valence-corrected chi connectivity index (χ3v) is 4.27. The van der Waals surface area contributed by atoms with E-state index in [2.05, 4.69) is 10.2 Å². The fraction of sp³-hybridized carbons (Fsp3) is 0.200. The van der Waals surface area contributed by atoms with Gasteiger partial charge in [-0.05, 0) is 30.8 Å². The molecule has 2 N–H and O–H groups in total. The van der Waals surface area contributed by atoms with Gasteiger partial charge >= 0.3 is 0 Å². The lowest BCUT2D eigenvalue weighted by atomic mass is 10.3. The standard InChI is InChI=1S/C10H10Cl2N4S/c1-5-14-15-10(16(5)2)17-9-7(11)3-6(13)4-8(9)12/h3-4H,13H2,1-2H3. The SMILES string of the molecule is Cc1nnc(Sc2c(Cl)cc(N)cc2Cl)n1C. The molecule has 0 saturated carbocycles. The van der Waals surface area contributed by atoms with Crippen molar-refractivity contribution in [1.82, 2.24) is 14.8 Å². The van der Waals surface area contributed by atoms with E-state index in [1.165, 1.54) is 11.8 Å². The highest BCUT2D eigenvalue weighted by Gasteiger charge is 2.13. The third kappa shape index (κ3) is 2.51. The number of nitrogens with zero attached hydrogens (tertiary/aromatic N) is 3. The van der Waals surface area contributed by atoms with E-state index < -0.39 is 0 Å². The highest BCUT2D eigenvalue weighted by atomic mass is 35.5. The van der Waals surface area contributed by atoms with Crippen LogP contribution < -0.4 is 5.73 Å². The van der Waals surface area contributed by atoms with E-state index in [1.807, 2.05) is 18.5 Å². The summed E-state index contributed by atoms with van der Waals surface area (Å²) in [5, 5.41) is 9.77. The Balaban J connectivity index is 2.40. The molecule has 0 fully saturated rings. The van der Waals surface area contributed by atoms with Gasteiger partial charge in [0, 0.05) is 12.7 Å². The van der Waals surface area contributed by atoms with Crippen LogP contribution in [0, 0.1) is 6.92 Å². The summed E-state index contributed by atoms with van der Waals surface area (Å²) >= 11 is 13.6. The van der Waals surface area contributed by atoms with Gasteiger partial charge in [-0.3, -0.25) is 0 Å². The van der Waals surface area contributed by atoms with Gasteiger partial charge in [-0.1, -0.05) is 23.2 Å². The molecule has 0 bridgehead atoms. The van der Waals surface area contributed by atoms with Gasteiger partial charge < -0.3 is 10.3 Å². The molecule has 2 rings (SSSR count). The molecule has 1 heterocycles. The van der Waals surface area contributed by atoms with Crippen molar-refractivity contribution in [1.29, 1.82) is 0 Å². The molecule has 0 aliphatic heterocycles. The lowest BCUT2D eigenvalue weighted by molar-refractivity contribution is 0.765. The molecule has 4 nitrogen and oxygen atoms in total. The van der Waals surface area contributed by atoms with Gasteiger partial charge in [0.05, 0.1) is 14.9 Å². The second kappa shape index (κ2) is 4.76. The minimum atomic E-state index is 0.514. The number of hydrogen-bond acceptors (Lipinski definition) is 4. The number of benzene rings is 1. The molecule has 0 unspecified atom stereocenters. The Bertz CT molecular complexity index is 544. The van der Waals surface area contributed by atoms with Crippen LogP contribution in [0.15, 0.2) is 22.2 Å². The molecule has 17 heavy (non-hydrogen) atoms. The number of nitrogen functional groups attached to an aromatic ring is 1. The van der Waals surface area contributed by atoms with Crippen LogP contribution in [-0.2, 0) is 7.05 Å². The van der Waals surface area contributed by atoms with Crippen molar-refractivity contribution in [2.24, 2.45) is 7.05 Å². The summed E-state index contributed by atoms with van der Waals surface area (Å²) in [6.07, 6.45) is 0. The first kappa shape index (κ1) is 12.5. The van der Waals surface area contributed by atoms with E-state index in [0.29, 0.717) is 15.7 Å². The van der Waals surface area contributed by atoms with E-state index in [0.717, 1.165) is 15.9 Å². The van der Waals surface area contributed by atoms with Gasteiger partial charge in [0.2, 0.25) is 0 Å². The van der Waals surface area contributed by atoms with Crippen LogP contribution in [-0.4, -0.2) is 14.8 Å². The smallest absolute Gasteiger partial charge is 0.195 e. The Morgan fingerprint density at radius 2 is 1.82 bits per heavy atom. The van der Waals surface area contributed by atoms with Gasteiger partial charge in [-0.2, -0.15) is 0 Å². The largest absolute Gasteiger partial charge is 0.399 e. The van der Waals surface area contributed by atoms with Gasteiger partial charge in [-0.25, -0.2) is 0 Å². The predicted octanol–water partition coefficient (Wildman–Crippen LogP) is 3.16. The summed E-state index contributed by atoms with van der Waals surface area (Å²) in [6.45, 7) is 1.88. The molecule has 0 amide bonds. The Kier molecular flexibility index (Phi) is 3.51. The lowest BCUT2D eigenvalue weighted by Gasteiger charge is -2.07. The molecule has 0 radical (unpaired) electrons. The van der Waals surface area contributed by atoms with Crippen LogP contribution in [0.1, 0.15) is 5.82 Å². The maximum absolute atomic E-state index is 6.10. The van der Waals surface area contributed by atoms with Crippen molar-refractivity contribution in [2.45, 2.75) is 17.0 Å². The summed E-state index contributed by atoms with van der Waals surface area (Å²) < 4.78 is 1.87. The van der Waals surface area contributed by atoms with Crippen LogP contribution in [0.5, 0.6) is 0 Å². The van der Waals surface area contributed by atoms with Gasteiger partial charge in [0.25, 0.3) is 0 Å². The molecule has 7 heteroatoms. The molecule has 0 saturated heterocycles. The van der Waals surface area contributed by atoms with Crippen molar-refractivity contribution in [2.75, 3.05) is 5.73 Å². The average Bonchev–Trinajstić information content (AvgIpc) is 2.54. The zero-order valence-electron chi connectivity index (χ0n) is 9.24. The van der Waals surface area contributed by atoms with Gasteiger partial charge in [0.15, 0.2) is 5.16 Å². The fourth-order valence-corrected chi connectivity index (χ4v) is 2.83. The summed E-state index contributed by atoms with van der Waals surface area (Å²) in [5.41, 5.74) is 6.18. The Labute approximate surface area is 113 Å². The van der Waals surface area contributed by atoms with Crippen LogP contribution in [0.25, 0.3) is 0 Å². The third-order valence-electron chi connectivity index (χ3n) is 2.27. The molecule has 0 spiro atoms. The monoisotopic (exact) mass is 288 g/mol. The maximum Gasteiger partial charge on any atom is 0.195 e. The molecule has 2 aromatic rings. The number of rotatable bonds is 2. The highest BCUT2D eigenvalue weighted by molar-refractivity contribution is 7.99. The fourth-order valence-electron chi connectivity index (χ4n) is 1.24. The van der Waals surface area contributed by atoms with Crippen molar-refractivity contribution < 1.29 is 0 Å². The van der Waals surface area contributed by atoms with Gasteiger partial charge in [-0.15, -0.1) is 10.2 Å². The predicted molar refractivity (Wildman–Crippen MR) is 70.7 cm³/mol. The zero-order valence-corrected chi connectivity index (χ0v) is 11.6. The molecular weight excluding hydrogens is 279 g/mol. The molecule has 90 valence electrons. The quantitative estimate of drug-likeness (QED) is 0.863. The summed E-state index contributed by atoms with van der Waals surface area (Å²) in [7, 11) is 1.89. The van der Waals surface area contributed by atoms with Crippen molar-refractivity contribution >= 4 is 40.7 Å². The lowest BCUT2D eigenvalue weighted by Crippen LogP contribution is -1.94. The maximum atomic E-state index is 6.10. The van der Waals surface area contributed by atoms with Crippen molar-refractivity contribution in [3.05, 3.63) is 28.0 Å². The van der Waals surface area contributed by atoms with Gasteiger partial charge in [0.1, 0.15) is 5.82 Å². The minimum absolute atomic E-state index is 0.514. The zero-order chi connectivity index (χ0) is 12.6. The number of hydrogen-bond donors (Lipinski definition) is 1. The molecule has 0 atom stereocenters. The molecular formula is C10H10Cl2N4S. The molecule has 0 aliphatic rings. The number of aryl methyl sites for hydroxylation is 1. The first-order valence-electron chi connectivity index (χ1n) is 4.77. The first-order chi connectivity index (χ1) is 7.99. The summed E-state index contributed by atoms with van der Waals surface area (Å²) in [5.74, 6) is 0.829. The second-order valence-electron chi connectivity index (χ2n) is 3.50. The van der Waals surface area contributed by atoms with Crippen molar-refractivity contribution in [3.8, 4) is 0 Å². The van der Waals surface area contributed by atoms with Crippen LogP contribution >= 0.6 is 35.0 Å². The van der Waals surface area contributed by atoms with Crippen LogP contribution in [0.3, 0.4) is 0 Å². The van der Waals surface area contributed by atoms with E-state index in [4.69, 9.17) is 28.9 Å². The van der Waals surface area contributed by atoms with Crippen molar-refractivity contribution in [3.63, 3.8) is 0 Å². The van der Waals surface area contributed by atoms with E-state index in [9.17, 15) is 0 Å². The summed E-state index contributed by atoms with van der Waals surface area (Å²) in [4.78, 5) is 0.734. The van der Waals surface area contributed by atoms with E-state index in [1.54, 1.807) is 12.1 Å². The number of halogens is 2. The van der Waals surface area contributed by atoms with E-state index >= 15 is 0 Å². The molecule has 0 aliphatic carbocycles. The average molecular weight is 289 g/mol. The van der Waals surface area contributed by atoms with Crippen LogP contribution in [0.2, 0.25) is 10.0 Å². The number of aromatic nitrogens is 3. The second-order valence-corrected chi connectivity index (χ2v) is 5.30. The Hall–Kier alpha value is -0.910. The Morgan fingerprint density at radius 3 is 2.29 bits per heavy atom. The Morgan fingerprint density at radius 1 is 1.24 bits per heavy atom. The van der Waals surface area contributed by atoms with E-state index in [-0.39, 0.29) is 0 Å².